The van der Waals surface area contributed by atoms with Crippen LogP contribution in [-0.4, -0.2) is 39.9 Å². The highest BCUT2D eigenvalue weighted by atomic mass is 16.5. The normalized spacial score (nSPS) is 15.8. The van der Waals surface area contributed by atoms with Crippen molar-refractivity contribution < 1.29 is 9.53 Å². The van der Waals surface area contributed by atoms with E-state index in [2.05, 4.69) is 21.0 Å². The molecule has 6 nitrogen and oxygen atoms in total. The van der Waals surface area contributed by atoms with Gasteiger partial charge in [-0.1, -0.05) is 0 Å². The number of anilines is 1. The lowest BCUT2D eigenvalue weighted by Gasteiger charge is -2.33. The lowest BCUT2D eigenvalue weighted by atomic mass is 9.93. The summed E-state index contributed by atoms with van der Waals surface area (Å²) in [5, 5.41) is 4.26. The molecule has 0 saturated carbocycles. The number of hydrogen-bond donors (Lipinski definition) is 0. The third-order valence-electron chi connectivity index (χ3n) is 4.42. The van der Waals surface area contributed by atoms with E-state index in [0.29, 0.717) is 11.5 Å². The van der Waals surface area contributed by atoms with E-state index in [-0.39, 0.29) is 12.1 Å². The van der Waals surface area contributed by atoms with Crippen LogP contribution in [0.15, 0.2) is 30.6 Å². The van der Waals surface area contributed by atoms with E-state index in [0.717, 1.165) is 31.7 Å². The molecule has 2 aromatic heterocycles. The van der Waals surface area contributed by atoms with Crippen LogP contribution in [-0.2, 0) is 11.8 Å². The summed E-state index contributed by atoms with van der Waals surface area (Å²) in [6.45, 7) is 5.45. The standard InChI is InChI=1S/C18H24N4O2/c1-13(2)24-18(23)15-5-4-9-19-17(15)22-11-7-14(8-12-22)16-6-10-20-21(16)3/h4-6,9-10,13-14H,7-8,11-12H2,1-3H3. The molecule has 0 bridgehead atoms. The molecule has 0 spiro atoms. The molecule has 1 aliphatic rings. The molecule has 0 aromatic carbocycles. The lowest BCUT2D eigenvalue weighted by molar-refractivity contribution is 0.0378. The number of ether oxygens (including phenoxy) is 1. The predicted molar refractivity (Wildman–Crippen MR) is 92.2 cm³/mol. The van der Waals surface area contributed by atoms with Crippen LogP contribution in [0.2, 0.25) is 0 Å². The Labute approximate surface area is 142 Å². The maximum atomic E-state index is 12.3. The van der Waals surface area contributed by atoms with Gasteiger partial charge in [0.15, 0.2) is 0 Å². The number of piperidine rings is 1. The van der Waals surface area contributed by atoms with Crippen molar-refractivity contribution in [1.82, 2.24) is 14.8 Å². The minimum absolute atomic E-state index is 0.138. The fourth-order valence-corrected chi connectivity index (χ4v) is 3.26. The maximum Gasteiger partial charge on any atom is 0.342 e. The van der Waals surface area contributed by atoms with Crippen molar-refractivity contribution in [2.45, 2.75) is 38.7 Å². The Morgan fingerprint density at radius 1 is 1.25 bits per heavy atom. The molecule has 0 atom stereocenters. The Bertz CT molecular complexity index is 703. The monoisotopic (exact) mass is 328 g/mol. The molecule has 1 aliphatic heterocycles. The number of aromatic nitrogens is 3. The molecule has 0 unspecified atom stereocenters. The molecule has 24 heavy (non-hydrogen) atoms. The second-order valence-electron chi connectivity index (χ2n) is 6.47. The van der Waals surface area contributed by atoms with E-state index < -0.39 is 0 Å². The highest BCUT2D eigenvalue weighted by Gasteiger charge is 2.26. The van der Waals surface area contributed by atoms with Crippen molar-refractivity contribution in [2.24, 2.45) is 7.05 Å². The third-order valence-corrected chi connectivity index (χ3v) is 4.42. The zero-order valence-electron chi connectivity index (χ0n) is 14.5. The van der Waals surface area contributed by atoms with Gasteiger partial charge in [0.2, 0.25) is 0 Å². The van der Waals surface area contributed by atoms with Gasteiger partial charge in [-0.25, -0.2) is 9.78 Å². The number of carbonyl (C=O) groups is 1. The van der Waals surface area contributed by atoms with Gasteiger partial charge in [0.25, 0.3) is 0 Å². The average Bonchev–Trinajstić information content (AvgIpc) is 3.00. The topological polar surface area (TPSA) is 60.2 Å². The van der Waals surface area contributed by atoms with Crippen molar-refractivity contribution in [1.29, 1.82) is 0 Å². The number of pyridine rings is 1. The smallest absolute Gasteiger partial charge is 0.342 e. The summed E-state index contributed by atoms with van der Waals surface area (Å²) in [6.07, 6.45) is 5.49. The number of esters is 1. The molecule has 3 heterocycles. The molecule has 1 fully saturated rings. The van der Waals surface area contributed by atoms with Crippen LogP contribution in [0, 0.1) is 0 Å². The van der Waals surface area contributed by atoms with Gasteiger partial charge in [0, 0.05) is 44.1 Å². The first-order valence-corrected chi connectivity index (χ1v) is 8.45. The van der Waals surface area contributed by atoms with Gasteiger partial charge >= 0.3 is 5.97 Å². The Kier molecular flexibility index (Phi) is 4.83. The summed E-state index contributed by atoms with van der Waals surface area (Å²) >= 11 is 0. The summed E-state index contributed by atoms with van der Waals surface area (Å²) in [7, 11) is 1.99. The molecule has 0 aliphatic carbocycles. The van der Waals surface area contributed by atoms with Crippen molar-refractivity contribution in [3.05, 3.63) is 41.9 Å². The largest absolute Gasteiger partial charge is 0.459 e. The van der Waals surface area contributed by atoms with Gasteiger partial charge in [-0.05, 0) is 44.9 Å². The number of rotatable bonds is 4. The fraction of sp³-hybridized carbons (Fsp3) is 0.500. The van der Waals surface area contributed by atoms with Crippen LogP contribution in [0.25, 0.3) is 0 Å². The van der Waals surface area contributed by atoms with Crippen LogP contribution in [0.3, 0.4) is 0 Å². The Morgan fingerprint density at radius 2 is 2.00 bits per heavy atom. The first kappa shape index (κ1) is 16.5. The summed E-state index contributed by atoms with van der Waals surface area (Å²) in [5.41, 5.74) is 1.82. The van der Waals surface area contributed by atoms with Crippen molar-refractivity contribution in [3.63, 3.8) is 0 Å². The van der Waals surface area contributed by atoms with E-state index in [1.54, 1.807) is 18.3 Å². The molecule has 1 saturated heterocycles. The second-order valence-corrected chi connectivity index (χ2v) is 6.47. The molecule has 0 N–H and O–H groups in total. The Balaban J connectivity index is 1.73. The molecule has 3 rings (SSSR count). The summed E-state index contributed by atoms with van der Waals surface area (Å²) < 4.78 is 7.30. The van der Waals surface area contributed by atoms with Crippen molar-refractivity contribution >= 4 is 11.8 Å². The molecular formula is C18H24N4O2. The van der Waals surface area contributed by atoms with E-state index in [9.17, 15) is 4.79 Å². The predicted octanol–water partition coefficient (Wildman–Crippen LogP) is 2.76. The quantitative estimate of drug-likeness (QED) is 0.808. The summed E-state index contributed by atoms with van der Waals surface area (Å²) in [6, 6.07) is 5.66. The summed E-state index contributed by atoms with van der Waals surface area (Å²) in [4.78, 5) is 18.9. The van der Waals surface area contributed by atoms with Crippen molar-refractivity contribution in [3.8, 4) is 0 Å². The number of carbonyl (C=O) groups excluding carboxylic acids is 1. The van der Waals surface area contributed by atoms with Crippen LogP contribution in [0.4, 0.5) is 5.82 Å². The Morgan fingerprint density at radius 3 is 2.62 bits per heavy atom. The minimum Gasteiger partial charge on any atom is -0.459 e. The van der Waals surface area contributed by atoms with Crippen LogP contribution in [0.5, 0.6) is 0 Å². The fourth-order valence-electron chi connectivity index (χ4n) is 3.26. The lowest BCUT2D eigenvalue weighted by Crippen LogP contribution is -2.35. The van der Waals surface area contributed by atoms with Crippen LogP contribution in [0.1, 0.15) is 48.7 Å². The van der Waals surface area contributed by atoms with Crippen LogP contribution >= 0.6 is 0 Å². The van der Waals surface area contributed by atoms with Gasteiger partial charge in [0.1, 0.15) is 11.4 Å². The zero-order chi connectivity index (χ0) is 17.1. The van der Waals surface area contributed by atoms with Gasteiger partial charge in [-0.3, -0.25) is 4.68 Å². The van der Waals surface area contributed by atoms with E-state index in [1.165, 1.54) is 5.69 Å². The third kappa shape index (κ3) is 3.42. The van der Waals surface area contributed by atoms with Gasteiger partial charge in [-0.2, -0.15) is 5.10 Å². The van der Waals surface area contributed by atoms with E-state index in [1.807, 2.05) is 31.8 Å². The zero-order valence-corrected chi connectivity index (χ0v) is 14.5. The Hall–Kier alpha value is -2.37. The van der Waals surface area contributed by atoms with Gasteiger partial charge in [-0.15, -0.1) is 0 Å². The highest BCUT2D eigenvalue weighted by Crippen LogP contribution is 2.30. The minimum atomic E-state index is -0.304. The molecular weight excluding hydrogens is 304 g/mol. The average molecular weight is 328 g/mol. The van der Waals surface area contributed by atoms with Gasteiger partial charge < -0.3 is 9.64 Å². The number of nitrogens with zero attached hydrogens (tertiary/aromatic N) is 4. The highest BCUT2D eigenvalue weighted by molar-refractivity contribution is 5.94. The maximum absolute atomic E-state index is 12.3. The molecule has 2 aromatic rings. The van der Waals surface area contributed by atoms with E-state index in [4.69, 9.17) is 4.74 Å². The SMILES string of the molecule is CC(C)OC(=O)c1cccnc1N1CCC(c2ccnn2C)CC1. The first-order valence-electron chi connectivity index (χ1n) is 8.45. The van der Waals surface area contributed by atoms with Crippen molar-refractivity contribution in [2.75, 3.05) is 18.0 Å². The number of hydrogen-bond acceptors (Lipinski definition) is 5. The number of aryl methyl sites for hydroxylation is 1. The first-order chi connectivity index (χ1) is 11.6. The van der Waals surface area contributed by atoms with E-state index >= 15 is 0 Å². The molecule has 128 valence electrons. The van der Waals surface area contributed by atoms with Gasteiger partial charge in [0.05, 0.1) is 6.10 Å². The molecule has 0 radical (unpaired) electrons. The molecule has 0 amide bonds. The second kappa shape index (κ2) is 7.03. The molecule has 6 heteroatoms. The summed E-state index contributed by atoms with van der Waals surface area (Å²) in [5.74, 6) is 0.928. The van der Waals surface area contributed by atoms with Crippen LogP contribution < -0.4 is 4.90 Å².